The fraction of sp³-hybridized carbons (Fsp3) is 0.556. The first kappa shape index (κ1) is 9.93. The Morgan fingerprint density at radius 3 is 2.79 bits per heavy atom. The molecule has 2 rings (SSSR count). The van der Waals surface area contributed by atoms with E-state index in [0.29, 0.717) is 16.1 Å². The summed E-state index contributed by atoms with van der Waals surface area (Å²) in [6, 6.07) is 0.511. The summed E-state index contributed by atoms with van der Waals surface area (Å²) in [4.78, 5) is 15.1. The predicted molar refractivity (Wildman–Crippen MR) is 58.4 cm³/mol. The minimum atomic E-state index is 0.311. The zero-order valence-electron chi connectivity index (χ0n) is 7.62. The van der Waals surface area contributed by atoms with Crippen molar-refractivity contribution in [2.75, 3.05) is 5.32 Å². The lowest BCUT2D eigenvalue weighted by molar-refractivity contribution is 0.112. The summed E-state index contributed by atoms with van der Waals surface area (Å²) in [5, 5.41) is 4.38. The molecule has 1 aliphatic rings. The number of thiazole rings is 1. The van der Waals surface area contributed by atoms with Crippen molar-refractivity contribution < 1.29 is 4.79 Å². The predicted octanol–water partition coefficient (Wildman–Crippen LogP) is 2.96. The maximum atomic E-state index is 10.5. The number of aldehydes is 1. The molecule has 1 aromatic rings. The number of aromatic nitrogens is 1. The molecule has 0 unspecified atom stereocenters. The van der Waals surface area contributed by atoms with Gasteiger partial charge in [0, 0.05) is 6.04 Å². The SMILES string of the molecule is O=Cc1sc(NC2CCCC2)nc1Cl. The van der Waals surface area contributed by atoms with E-state index < -0.39 is 0 Å². The molecule has 0 aromatic carbocycles. The van der Waals surface area contributed by atoms with Crippen molar-refractivity contribution >= 4 is 34.4 Å². The maximum Gasteiger partial charge on any atom is 0.185 e. The number of nitrogens with zero attached hydrogens (tertiary/aromatic N) is 1. The van der Waals surface area contributed by atoms with E-state index in [1.54, 1.807) is 0 Å². The second-order valence-corrected chi connectivity index (χ2v) is 4.81. The first-order valence-electron chi connectivity index (χ1n) is 4.67. The van der Waals surface area contributed by atoms with Crippen LogP contribution in [0.15, 0.2) is 0 Å². The molecule has 76 valence electrons. The number of carbonyl (C=O) groups is 1. The summed E-state index contributed by atoms with van der Waals surface area (Å²) in [7, 11) is 0. The van der Waals surface area contributed by atoms with Gasteiger partial charge in [0.15, 0.2) is 16.6 Å². The van der Waals surface area contributed by atoms with Gasteiger partial charge in [0.25, 0.3) is 0 Å². The molecule has 3 nitrogen and oxygen atoms in total. The van der Waals surface area contributed by atoms with Gasteiger partial charge in [-0.1, -0.05) is 35.8 Å². The minimum absolute atomic E-state index is 0.311. The molecule has 1 N–H and O–H groups in total. The van der Waals surface area contributed by atoms with Crippen molar-refractivity contribution in [3.63, 3.8) is 0 Å². The normalized spacial score (nSPS) is 17.2. The molecular formula is C9H11ClN2OS. The Morgan fingerprint density at radius 2 is 2.21 bits per heavy atom. The van der Waals surface area contributed by atoms with E-state index >= 15 is 0 Å². The topological polar surface area (TPSA) is 42.0 Å². The van der Waals surface area contributed by atoms with E-state index in [1.165, 1.54) is 37.0 Å². The molecule has 1 aliphatic carbocycles. The van der Waals surface area contributed by atoms with Gasteiger partial charge < -0.3 is 5.32 Å². The second kappa shape index (κ2) is 4.28. The number of hydrogen-bond donors (Lipinski definition) is 1. The summed E-state index contributed by atoms with van der Waals surface area (Å²) in [6.45, 7) is 0. The van der Waals surface area contributed by atoms with E-state index in [9.17, 15) is 4.79 Å². The Hall–Kier alpha value is -0.610. The maximum absolute atomic E-state index is 10.5. The van der Waals surface area contributed by atoms with Crippen molar-refractivity contribution in [3.8, 4) is 0 Å². The van der Waals surface area contributed by atoms with Crippen LogP contribution in [0, 0.1) is 0 Å². The van der Waals surface area contributed by atoms with Gasteiger partial charge in [-0.05, 0) is 12.8 Å². The summed E-state index contributed by atoms with van der Waals surface area (Å²) < 4.78 is 0. The van der Waals surface area contributed by atoms with E-state index in [-0.39, 0.29) is 0 Å². The fourth-order valence-electron chi connectivity index (χ4n) is 1.69. The molecule has 14 heavy (non-hydrogen) atoms. The Bertz CT molecular complexity index is 334. The van der Waals surface area contributed by atoms with Gasteiger partial charge in [0.05, 0.1) is 0 Å². The number of rotatable bonds is 3. The van der Waals surface area contributed by atoms with Crippen LogP contribution in [0.4, 0.5) is 5.13 Å². The second-order valence-electron chi connectivity index (χ2n) is 3.42. The lowest BCUT2D eigenvalue weighted by atomic mass is 10.3. The van der Waals surface area contributed by atoms with Crippen LogP contribution < -0.4 is 5.32 Å². The van der Waals surface area contributed by atoms with Crippen molar-refractivity contribution in [2.24, 2.45) is 0 Å². The van der Waals surface area contributed by atoms with Gasteiger partial charge in [-0.2, -0.15) is 0 Å². The first-order valence-corrected chi connectivity index (χ1v) is 5.87. The number of halogens is 1. The van der Waals surface area contributed by atoms with Gasteiger partial charge in [0.1, 0.15) is 4.88 Å². The molecule has 0 bridgehead atoms. The lowest BCUT2D eigenvalue weighted by Gasteiger charge is -2.08. The number of nitrogens with one attached hydrogen (secondary N) is 1. The highest BCUT2D eigenvalue weighted by Gasteiger charge is 2.17. The highest BCUT2D eigenvalue weighted by molar-refractivity contribution is 7.17. The summed E-state index contributed by atoms with van der Waals surface area (Å²) >= 11 is 7.08. The zero-order chi connectivity index (χ0) is 9.97. The molecule has 1 heterocycles. The summed E-state index contributed by atoms with van der Waals surface area (Å²) in [5.74, 6) is 0. The fourth-order valence-corrected chi connectivity index (χ4v) is 2.74. The van der Waals surface area contributed by atoms with Gasteiger partial charge in [0.2, 0.25) is 0 Å². The van der Waals surface area contributed by atoms with Crippen LogP contribution in [0.5, 0.6) is 0 Å². The third-order valence-electron chi connectivity index (χ3n) is 2.40. The number of hydrogen-bond acceptors (Lipinski definition) is 4. The van der Waals surface area contributed by atoms with Crippen LogP contribution in [0.25, 0.3) is 0 Å². The first-order chi connectivity index (χ1) is 6.79. The molecule has 0 spiro atoms. The quantitative estimate of drug-likeness (QED) is 0.812. The van der Waals surface area contributed by atoms with Crippen LogP contribution in [0.1, 0.15) is 35.4 Å². The van der Waals surface area contributed by atoms with E-state index in [0.717, 1.165) is 11.4 Å². The Morgan fingerprint density at radius 1 is 1.50 bits per heavy atom. The van der Waals surface area contributed by atoms with Crippen molar-refractivity contribution in [2.45, 2.75) is 31.7 Å². The van der Waals surface area contributed by atoms with E-state index in [4.69, 9.17) is 11.6 Å². The minimum Gasteiger partial charge on any atom is -0.359 e. The Labute approximate surface area is 91.5 Å². The Balaban J connectivity index is 2.04. The van der Waals surface area contributed by atoms with Gasteiger partial charge in [-0.3, -0.25) is 4.79 Å². The van der Waals surface area contributed by atoms with Crippen LogP contribution in [-0.2, 0) is 0 Å². The molecule has 1 saturated carbocycles. The third kappa shape index (κ3) is 2.07. The van der Waals surface area contributed by atoms with Crippen molar-refractivity contribution in [1.82, 2.24) is 4.98 Å². The molecule has 1 fully saturated rings. The van der Waals surface area contributed by atoms with Crippen molar-refractivity contribution in [1.29, 1.82) is 0 Å². The van der Waals surface area contributed by atoms with Gasteiger partial charge in [-0.25, -0.2) is 4.98 Å². The van der Waals surface area contributed by atoms with Crippen LogP contribution >= 0.6 is 22.9 Å². The van der Waals surface area contributed by atoms with E-state index in [1.807, 2.05) is 0 Å². The standard InChI is InChI=1S/C9H11ClN2OS/c10-8-7(5-13)14-9(12-8)11-6-3-1-2-4-6/h5-6H,1-4H2,(H,11,12). The lowest BCUT2D eigenvalue weighted by Crippen LogP contribution is -2.13. The van der Waals surface area contributed by atoms with Crippen LogP contribution in [0.2, 0.25) is 5.15 Å². The molecule has 0 saturated heterocycles. The highest BCUT2D eigenvalue weighted by atomic mass is 35.5. The molecule has 0 atom stereocenters. The summed E-state index contributed by atoms with van der Waals surface area (Å²) in [6.07, 6.45) is 5.68. The number of anilines is 1. The van der Waals surface area contributed by atoms with Gasteiger partial charge >= 0.3 is 0 Å². The molecule has 0 aliphatic heterocycles. The largest absolute Gasteiger partial charge is 0.359 e. The Kier molecular flexibility index (Phi) is 3.03. The highest BCUT2D eigenvalue weighted by Crippen LogP contribution is 2.28. The third-order valence-corrected chi connectivity index (χ3v) is 3.71. The van der Waals surface area contributed by atoms with Crippen LogP contribution in [-0.4, -0.2) is 17.3 Å². The molecule has 1 aromatic heterocycles. The molecule has 0 amide bonds. The molecular weight excluding hydrogens is 220 g/mol. The van der Waals surface area contributed by atoms with E-state index in [2.05, 4.69) is 10.3 Å². The van der Waals surface area contributed by atoms with Crippen molar-refractivity contribution in [3.05, 3.63) is 10.0 Å². The average molecular weight is 231 g/mol. The molecule has 5 heteroatoms. The number of carbonyl (C=O) groups excluding carboxylic acids is 1. The summed E-state index contributed by atoms with van der Waals surface area (Å²) in [5.41, 5.74) is 0. The average Bonchev–Trinajstić information content (AvgIpc) is 2.76. The zero-order valence-corrected chi connectivity index (χ0v) is 9.20. The van der Waals surface area contributed by atoms with Gasteiger partial charge in [-0.15, -0.1) is 0 Å². The monoisotopic (exact) mass is 230 g/mol. The molecule has 0 radical (unpaired) electrons. The smallest absolute Gasteiger partial charge is 0.185 e. The van der Waals surface area contributed by atoms with Crippen LogP contribution in [0.3, 0.4) is 0 Å².